The standard InChI is InChI=1S/C18H21N3O2/c1-3-6-12-9-13(20-19-12)11-21(2)18(23)16-10-17(22)15-8-5-4-7-14(15)16/h4-5,7-9,16H,3,6,10-11H2,1-2H3,(H,19,20)/t16-/m0/s1. The number of aryl methyl sites for hydroxylation is 1. The Morgan fingerprint density at radius 1 is 1.39 bits per heavy atom. The predicted molar refractivity (Wildman–Crippen MR) is 87.2 cm³/mol. The van der Waals surface area contributed by atoms with Crippen LogP contribution in [0.15, 0.2) is 30.3 Å². The molecule has 5 nitrogen and oxygen atoms in total. The number of amides is 1. The average Bonchev–Trinajstić information content (AvgIpc) is 3.12. The minimum absolute atomic E-state index is 0.0186. The summed E-state index contributed by atoms with van der Waals surface area (Å²) < 4.78 is 0. The summed E-state index contributed by atoms with van der Waals surface area (Å²) in [6, 6.07) is 9.40. The van der Waals surface area contributed by atoms with Crippen LogP contribution in [-0.2, 0) is 17.8 Å². The van der Waals surface area contributed by atoms with Crippen molar-refractivity contribution in [1.82, 2.24) is 15.1 Å². The number of carbonyl (C=O) groups is 2. The summed E-state index contributed by atoms with van der Waals surface area (Å²) in [4.78, 5) is 26.4. The number of aromatic amines is 1. The number of H-pyrrole nitrogens is 1. The molecule has 1 aliphatic carbocycles. The third kappa shape index (κ3) is 3.04. The molecule has 1 heterocycles. The Balaban J connectivity index is 1.71. The van der Waals surface area contributed by atoms with Crippen molar-refractivity contribution < 1.29 is 9.59 Å². The van der Waals surface area contributed by atoms with Crippen molar-refractivity contribution in [2.45, 2.75) is 38.6 Å². The molecule has 1 atom stereocenters. The van der Waals surface area contributed by atoms with E-state index in [2.05, 4.69) is 17.1 Å². The quantitative estimate of drug-likeness (QED) is 0.923. The number of rotatable bonds is 5. The molecular weight excluding hydrogens is 290 g/mol. The van der Waals surface area contributed by atoms with Crippen molar-refractivity contribution in [3.05, 3.63) is 52.8 Å². The highest BCUT2D eigenvalue weighted by Gasteiger charge is 2.35. The molecule has 0 saturated carbocycles. The molecule has 0 bridgehead atoms. The molecule has 1 aromatic carbocycles. The van der Waals surface area contributed by atoms with Gasteiger partial charge >= 0.3 is 0 Å². The molecule has 1 amide bonds. The van der Waals surface area contributed by atoms with E-state index in [1.54, 1.807) is 18.0 Å². The van der Waals surface area contributed by atoms with Crippen LogP contribution in [-0.4, -0.2) is 33.8 Å². The van der Waals surface area contributed by atoms with Crippen molar-refractivity contribution >= 4 is 11.7 Å². The van der Waals surface area contributed by atoms with Gasteiger partial charge in [0.25, 0.3) is 0 Å². The van der Waals surface area contributed by atoms with Crippen LogP contribution in [0.3, 0.4) is 0 Å². The number of ketones is 1. The van der Waals surface area contributed by atoms with Gasteiger partial charge in [-0.25, -0.2) is 0 Å². The third-order valence-electron chi connectivity index (χ3n) is 4.30. The molecule has 0 unspecified atom stereocenters. The molecule has 120 valence electrons. The van der Waals surface area contributed by atoms with E-state index in [4.69, 9.17) is 0 Å². The lowest BCUT2D eigenvalue weighted by Crippen LogP contribution is -2.30. The van der Waals surface area contributed by atoms with Crippen LogP contribution in [0, 0.1) is 0 Å². The highest BCUT2D eigenvalue weighted by atomic mass is 16.2. The Morgan fingerprint density at radius 3 is 2.96 bits per heavy atom. The molecule has 1 N–H and O–H groups in total. The summed E-state index contributed by atoms with van der Waals surface area (Å²) in [6.07, 6.45) is 2.24. The smallest absolute Gasteiger partial charge is 0.230 e. The highest BCUT2D eigenvalue weighted by molar-refractivity contribution is 6.06. The molecule has 0 radical (unpaired) electrons. The first kappa shape index (κ1) is 15.5. The van der Waals surface area contributed by atoms with Crippen LogP contribution >= 0.6 is 0 Å². The van der Waals surface area contributed by atoms with Gasteiger partial charge < -0.3 is 4.90 Å². The number of aromatic nitrogens is 2. The van der Waals surface area contributed by atoms with E-state index in [9.17, 15) is 9.59 Å². The second-order valence-electron chi connectivity index (χ2n) is 6.10. The zero-order valence-electron chi connectivity index (χ0n) is 13.5. The topological polar surface area (TPSA) is 66.1 Å². The fraction of sp³-hybridized carbons (Fsp3) is 0.389. The Morgan fingerprint density at radius 2 is 2.17 bits per heavy atom. The van der Waals surface area contributed by atoms with E-state index in [0.29, 0.717) is 12.1 Å². The Labute approximate surface area is 135 Å². The van der Waals surface area contributed by atoms with Crippen LogP contribution in [0.1, 0.15) is 53.0 Å². The van der Waals surface area contributed by atoms with Crippen molar-refractivity contribution in [3.8, 4) is 0 Å². The second kappa shape index (κ2) is 6.36. The normalized spacial score (nSPS) is 16.4. The minimum Gasteiger partial charge on any atom is -0.339 e. The number of carbonyl (C=O) groups excluding carboxylic acids is 2. The van der Waals surface area contributed by atoms with Gasteiger partial charge in [0.1, 0.15) is 0 Å². The average molecular weight is 311 g/mol. The molecule has 23 heavy (non-hydrogen) atoms. The van der Waals surface area contributed by atoms with E-state index in [0.717, 1.165) is 29.8 Å². The van der Waals surface area contributed by atoms with E-state index in [1.807, 2.05) is 24.3 Å². The molecule has 5 heteroatoms. The van der Waals surface area contributed by atoms with Crippen LogP contribution in [0.4, 0.5) is 0 Å². The van der Waals surface area contributed by atoms with Gasteiger partial charge in [0, 0.05) is 19.0 Å². The lowest BCUT2D eigenvalue weighted by molar-refractivity contribution is -0.131. The molecule has 1 aromatic heterocycles. The molecular formula is C18H21N3O2. The van der Waals surface area contributed by atoms with E-state index < -0.39 is 0 Å². The van der Waals surface area contributed by atoms with Gasteiger partial charge in [0.2, 0.25) is 5.91 Å². The minimum atomic E-state index is -0.360. The number of Topliss-reactive ketones (excluding diaryl/α,β-unsaturated/α-hetero) is 1. The number of likely N-dealkylation sites (N-methyl/N-ethyl adjacent to an activating group) is 1. The zero-order valence-corrected chi connectivity index (χ0v) is 13.5. The molecule has 0 spiro atoms. The zero-order chi connectivity index (χ0) is 16.4. The Bertz CT molecular complexity index is 735. The van der Waals surface area contributed by atoms with E-state index >= 15 is 0 Å². The first-order valence-electron chi connectivity index (χ1n) is 8.00. The SMILES string of the molecule is CCCc1cc(CN(C)C(=O)[C@H]2CC(=O)c3ccccc32)[nH]n1. The van der Waals surface area contributed by atoms with E-state index in [1.165, 1.54) is 0 Å². The number of nitrogens with zero attached hydrogens (tertiary/aromatic N) is 2. The summed E-state index contributed by atoms with van der Waals surface area (Å²) >= 11 is 0. The van der Waals surface area contributed by atoms with Gasteiger partial charge in [-0.15, -0.1) is 0 Å². The van der Waals surface area contributed by atoms with Crippen molar-refractivity contribution in [2.75, 3.05) is 7.05 Å². The fourth-order valence-corrected chi connectivity index (χ4v) is 3.15. The fourth-order valence-electron chi connectivity index (χ4n) is 3.15. The maximum Gasteiger partial charge on any atom is 0.230 e. The molecule has 0 fully saturated rings. The number of benzene rings is 1. The van der Waals surface area contributed by atoms with Gasteiger partial charge in [-0.2, -0.15) is 5.10 Å². The lowest BCUT2D eigenvalue weighted by Gasteiger charge is -2.20. The maximum atomic E-state index is 12.7. The third-order valence-corrected chi connectivity index (χ3v) is 4.30. The number of fused-ring (bicyclic) bond motifs is 1. The molecule has 2 aromatic rings. The van der Waals surface area contributed by atoms with Crippen LogP contribution in [0.25, 0.3) is 0 Å². The van der Waals surface area contributed by atoms with Crippen molar-refractivity contribution in [2.24, 2.45) is 0 Å². The first-order valence-corrected chi connectivity index (χ1v) is 8.00. The summed E-state index contributed by atoms with van der Waals surface area (Å²) in [5, 5.41) is 7.23. The number of nitrogens with one attached hydrogen (secondary N) is 1. The molecule has 0 aliphatic heterocycles. The second-order valence-corrected chi connectivity index (χ2v) is 6.10. The van der Waals surface area contributed by atoms with Gasteiger partial charge in [-0.1, -0.05) is 37.6 Å². The Kier molecular flexibility index (Phi) is 4.28. The number of hydrogen-bond acceptors (Lipinski definition) is 3. The van der Waals surface area contributed by atoms with Gasteiger partial charge in [0.15, 0.2) is 5.78 Å². The number of hydrogen-bond donors (Lipinski definition) is 1. The van der Waals surface area contributed by atoms with Crippen LogP contribution in [0.2, 0.25) is 0 Å². The van der Waals surface area contributed by atoms with Crippen molar-refractivity contribution in [3.63, 3.8) is 0 Å². The van der Waals surface area contributed by atoms with Crippen molar-refractivity contribution in [1.29, 1.82) is 0 Å². The summed E-state index contributed by atoms with van der Waals surface area (Å²) in [5.74, 6) is -0.323. The van der Waals surface area contributed by atoms with Gasteiger partial charge in [-0.05, 0) is 18.1 Å². The summed E-state index contributed by atoms with van der Waals surface area (Å²) in [6.45, 7) is 2.58. The van der Waals surface area contributed by atoms with Gasteiger partial charge in [-0.3, -0.25) is 14.7 Å². The van der Waals surface area contributed by atoms with Gasteiger partial charge in [0.05, 0.1) is 23.9 Å². The first-order chi connectivity index (χ1) is 11.1. The van der Waals surface area contributed by atoms with Crippen LogP contribution in [0.5, 0.6) is 0 Å². The molecule has 0 saturated heterocycles. The highest BCUT2D eigenvalue weighted by Crippen LogP contribution is 2.34. The lowest BCUT2D eigenvalue weighted by atomic mass is 10.00. The largest absolute Gasteiger partial charge is 0.339 e. The Hall–Kier alpha value is -2.43. The summed E-state index contributed by atoms with van der Waals surface area (Å²) in [7, 11) is 1.77. The van der Waals surface area contributed by atoms with E-state index in [-0.39, 0.29) is 24.0 Å². The maximum absolute atomic E-state index is 12.7. The van der Waals surface area contributed by atoms with Crippen LogP contribution < -0.4 is 0 Å². The molecule has 1 aliphatic rings. The monoisotopic (exact) mass is 311 g/mol. The molecule has 3 rings (SSSR count). The summed E-state index contributed by atoms with van der Waals surface area (Å²) in [5.41, 5.74) is 3.48. The predicted octanol–water partition coefficient (Wildman–Crippen LogP) is 2.69.